The van der Waals surface area contributed by atoms with E-state index in [-0.39, 0.29) is 17.9 Å². The Morgan fingerprint density at radius 2 is 1.89 bits per heavy atom. The standard InChI is InChI=1S/C14H25N3O2/c1-10-7-12(9-15-8-10)14(19)17-5-3-13(4-6-17)16-11(2)18/h10,12-13,15H,3-9H2,1-2H3,(H,16,18). The first-order valence-corrected chi connectivity index (χ1v) is 7.33. The predicted molar refractivity (Wildman–Crippen MR) is 73.6 cm³/mol. The van der Waals surface area contributed by atoms with Crippen LogP contribution in [0.1, 0.15) is 33.1 Å². The number of piperidine rings is 2. The van der Waals surface area contributed by atoms with Crippen molar-refractivity contribution in [1.29, 1.82) is 0 Å². The average molecular weight is 267 g/mol. The van der Waals surface area contributed by atoms with Crippen molar-refractivity contribution in [3.05, 3.63) is 0 Å². The molecule has 2 amide bonds. The van der Waals surface area contributed by atoms with Crippen LogP contribution in [0.25, 0.3) is 0 Å². The molecule has 0 aromatic rings. The van der Waals surface area contributed by atoms with E-state index >= 15 is 0 Å². The highest BCUT2D eigenvalue weighted by atomic mass is 16.2. The van der Waals surface area contributed by atoms with Crippen LogP contribution in [0, 0.1) is 11.8 Å². The molecule has 2 saturated heterocycles. The maximum absolute atomic E-state index is 12.4. The Kier molecular flexibility index (Phi) is 4.80. The maximum atomic E-state index is 12.4. The Morgan fingerprint density at radius 3 is 2.47 bits per heavy atom. The molecule has 0 aromatic carbocycles. The molecule has 0 bridgehead atoms. The van der Waals surface area contributed by atoms with Crippen LogP contribution in [0.15, 0.2) is 0 Å². The largest absolute Gasteiger partial charge is 0.353 e. The second kappa shape index (κ2) is 6.37. The van der Waals surface area contributed by atoms with E-state index in [1.807, 2.05) is 4.90 Å². The van der Waals surface area contributed by atoms with E-state index in [1.54, 1.807) is 6.92 Å². The third kappa shape index (κ3) is 3.93. The van der Waals surface area contributed by atoms with Crippen molar-refractivity contribution >= 4 is 11.8 Å². The summed E-state index contributed by atoms with van der Waals surface area (Å²) in [4.78, 5) is 25.4. The van der Waals surface area contributed by atoms with Gasteiger partial charge >= 0.3 is 0 Å². The van der Waals surface area contributed by atoms with Gasteiger partial charge in [0.15, 0.2) is 0 Å². The molecule has 2 N–H and O–H groups in total. The summed E-state index contributed by atoms with van der Waals surface area (Å²) in [5.41, 5.74) is 0. The maximum Gasteiger partial charge on any atom is 0.226 e. The van der Waals surface area contributed by atoms with Crippen LogP contribution in [-0.4, -0.2) is 48.9 Å². The van der Waals surface area contributed by atoms with Crippen molar-refractivity contribution in [2.45, 2.75) is 39.2 Å². The highest BCUT2D eigenvalue weighted by Gasteiger charge is 2.30. The van der Waals surface area contributed by atoms with Gasteiger partial charge in [0.2, 0.25) is 11.8 Å². The number of carbonyl (C=O) groups is 2. The molecule has 0 spiro atoms. The van der Waals surface area contributed by atoms with Gasteiger partial charge in [-0.05, 0) is 31.7 Å². The molecular formula is C14H25N3O2. The Morgan fingerprint density at radius 1 is 1.21 bits per heavy atom. The molecule has 0 saturated carbocycles. The topological polar surface area (TPSA) is 61.4 Å². The van der Waals surface area contributed by atoms with Crippen LogP contribution < -0.4 is 10.6 Å². The summed E-state index contributed by atoms with van der Waals surface area (Å²) >= 11 is 0. The lowest BCUT2D eigenvalue weighted by Crippen LogP contribution is -2.50. The van der Waals surface area contributed by atoms with E-state index < -0.39 is 0 Å². The number of rotatable bonds is 2. The zero-order chi connectivity index (χ0) is 13.8. The molecule has 108 valence electrons. The Bertz CT molecular complexity index is 338. The number of nitrogens with one attached hydrogen (secondary N) is 2. The number of nitrogens with zero attached hydrogens (tertiary/aromatic N) is 1. The van der Waals surface area contributed by atoms with Gasteiger partial charge in [-0.1, -0.05) is 6.92 Å². The minimum absolute atomic E-state index is 0.0232. The fourth-order valence-corrected chi connectivity index (χ4v) is 3.13. The minimum Gasteiger partial charge on any atom is -0.353 e. The lowest BCUT2D eigenvalue weighted by Gasteiger charge is -2.36. The van der Waals surface area contributed by atoms with E-state index in [9.17, 15) is 9.59 Å². The summed E-state index contributed by atoms with van der Waals surface area (Å²) in [6.07, 6.45) is 2.75. The van der Waals surface area contributed by atoms with Crippen molar-refractivity contribution in [1.82, 2.24) is 15.5 Å². The van der Waals surface area contributed by atoms with E-state index in [4.69, 9.17) is 0 Å². The van der Waals surface area contributed by atoms with Gasteiger partial charge in [-0.25, -0.2) is 0 Å². The van der Waals surface area contributed by atoms with E-state index in [2.05, 4.69) is 17.6 Å². The molecule has 2 heterocycles. The van der Waals surface area contributed by atoms with Crippen LogP contribution in [0.4, 0.5) is 0 Å². The van der Waals surface area contributed by atoms with Gasteiger partial charge in [0, 0.05) is 32.6 Å². The normalized spacial score (nSPS) is 29.1. The van der Waals surface area contributed by atoms with Gasteiger partial charge in [0.25, 0.3) is 0 Å². The summed E-state index contributed by atoms with van der Waals surface area (Å²) < 4.78 is 0. The highest BCUT2D eigenvalue weighted by molar-refractivity contribution is 5.79. The monoisotopic (exact) mass is 267 g/mol. The van der Waals surface area contributed by atoms with Gasteiger partial charge in [0.1, 0.15) is 0 Å². The fraction of sp³-hybridized carbons (Fsp3) is 0.857. The molecule has 2 unspecified atom stereocenters. The van der Waals surface area contributed by atoms with E-state index in [0.717, 1.165) is 45.4 Å². The molecule has 5 heteroatoms. The van der Waals surface area contributed by atoms with Crippen molar-refractivity contribution < 1.29 is 9.59 Å². The second-order valence-electron chi connectivity index (χ2n) is 6.00. The molecule has 2 fully saturated rings. The first kappa shape index (κ1) is 14.3. The van der Waals surface area contributed by atoms with Gasteiger partial charge in [-0.2, -0.15) is 0 Å². The summed E-state index contributed by atoms with van der Waals surface area (Å²) in [7, 11) is 0. The summed E-state index contributed by atoms with van der Waals surface area (Å²) in [6.45, 7) is 7.12. The number of likely N-dealkylation sites (tertiary alicyclic amines) is 1. The van der Waals surface area contributed by atoms with Gasteiger partial charge in [-0.3, -0.25) is 9.59 Å². The fourth-order valence-electron chi connectivity index (χ4n) is 3.13. The molecule has 2 rings (SSSR count). The first-order valence-electron chi connectivity index (χ1n) is 7.33. The Labute approximate surface area is 115 Å². The minimum atomic E-state index is 0.0232. The lowest BCUT2D eigenvalue weighted by atomic mass is 9.90. The Hall–Kier alpha value is -1.10. The van der Waals surface area contributed by atoms with Crippen molar-refractivity contribution in [3.63, 3.8) is 0 Å². The van der Waals surface area contributed by atoms with Crippen LogP contribution in [0.5, 0.6) is 0 Å². The van der Waals surface area contributed by atoms with Crippen molar-refractivity contribution in [3.8, 4) is 0 Å². The third-order valence-electron chi connectivity index (χ3n) is 4.13. The quantitative estimate of drug-likeness (QED) is 0.759. The highest BCUT2D eigenvalue weighted by Crippen LogP contribution is 2.20. The van der Waals surface area contributed by atoms with Crippen LogP contribution in [0.3, 0.4) is 0 Å². The molecule has 0 radical (unpaired) electrons. The van der Waals surface area contributed by atoms with Gasteiger partial charge in [0.05, 0.1) is 5.92 Å². The molecule has 2 aliphatic heterocycles. The summed E-state index contributed by atoms with van der Waals surface area (Å²) in [5.74, 6) is 1.04. The number of carbonyl (C=O) groups excluding carboxylic acids is 2. The zero-order valence-electron chi connectivity index (χ0n) is 11.9. The Balaban J connectivity index is 1.80. The molecule has 2 aliphatic rings. The van der Waals surface area contributed by atoms with Crippen molar-refractivity contribution in [2.24, 2.45) is 11.8 Å². The number of hydrogen-bond donors (Lipinski definition) is 2. The third-order valence-corrected chi connectivity index (χ3v) is 4.13. The van der Waals surface area contributed by atoms with Gasteiger partial charge in [-0.15, -0.1) is 0 Å². The predicted octanol–water partition coefficient (Wildman–Crippen LogP) is 0.359. The average Bonchev–Trinajstić information content (AvgIpc) is 2.38. The van der Waals surface area contributed by atoms with Gasteiger partial charge < -0.3 is 15.5 Å². The molecule has 2 atom stereocenters. The first-order chi connectivity index (χ1) is 9.06. The summed E-state index contributed by atoms with van der Waals surface area (Å²) in [5, 5.41) is 6.27. The molecule has 5 nitrogen and oxygen atoms in total. The molecule has 0 aromatic heterocycles. The SMILES string of the molecule is CC(=O)NC1CCN(C(=O)C2CNCC(C)C2)CC1. The van der Waals surface area contributed by atoms with E-state index in [1.165, 1.54) is 0 Å². The second-order valence-corrected chi connectivity index (χ2v) is 6.00. The van der Waals surface area contributed by atoms with Crippen LogP contribution >= 0.6 is 0 Å². The van der Waals surface area contributed by atoms with Crippen LogP contribution in [0.2, 0.25) is 0 Å². The van der Waals surface area contributed by atoms with E-state index in [0.29, 0.717) is 11.8 Å². The molecule has 19 heavy (non-hydrogen) atoms. The molecule has 0 aliphatic carbocycles. The molecular weight excluding hydrogens is 242 g/mol. The zero-order valence-corrected chi connectivity index (χ0v) is 11.9. The number of hydrogen-bond acceptors (Lipinski definition) is 3. The lowest BCUT2D eigenvalue weighted by molar-refractivity contribution is -0.137. The smallest absolute Gasteiger partial charge is 0.226 e. The van der Waals surface area contributed by atoms with Crippen LogP contribution in [-0.2, 0) is 9.59 Å². The van der Waals surface area contributed by atoms with Crippen molar-refractivity contribution in [2.75, 3.05) is 26.2 Å². The summed E-state index contributed by atoms with van der Waals surface area (Å²) in [6, 6.07) is 0.241. The number of amides is 2.